The molecule has 9 heteroatoms. The van der Waals surface area contributed by atoms with Gasteiger partial charge in [-0.1, -0.05) is 29.5 Å². The Morgan fingerprint density at radius 1 is 1.11 bits per heavy atom. The maximum absolute atomic E-state index is 13.6. The first-order valence-electron chi connectivity index (χ1n) is 10.8. The summed E-state index contributed by atoms with van der Waals surface area (Å²) in [4.78, 5) is 14.0. The molecule has 1 aromatic carbocycles. The summed E-state index contributed by atoms with van der Waals surface area (Å²) < 4.78 is 79.7. The van der Waals surface area contributed by atoms with Gasteiger partial charge in [-0.2, -0.15) is 26.3 Å². The van der Waals surface area contributed by atoms with Gasteiger partial charge in [-0.3, -0.25) is 4.79 Å². The van der Waals surface area contributed by atoms with Crippen LogP contribution in [0.5, 0.6) is 0 Å². The van der Waals surface area contributed by atoms with E-state index in [0.29, 0.717) is 28.2 Å². The first-order valence-corrected chi connectivity index (χ1v) is 11.6. The molecular formula is C26H23F6NOS. The lowest BCUT2D eigenvalue weighted by Gasteiger charge is -2.20. The van der Waals surface area contributed by atoms with Gasteiger partial charge < -0.3 is 5.32 Å². The van der Waals surface area contributed by atoms with Crippen LogP contribution in [0.2, 0.25) is 0 Å². The fourth-order valence-electron chi connectivity index (χ4n) is 3.63. The molecule has 1 amide bonds. The Morgan fingerprint density at radius 3 is 2.49 bits per heavy atom. The summed E-state index contributed by atoms with van der Waals surface area (Å²) in [5.41, 5.74) is 2.07. The lowest BCUT2D eigenvalue weighted by Crippen LogP contribution is -2.33. The minimum atomic E-state index is -4.57. The number of nitrogens with one attached hydrogen (secondary N) is 1. The van der Waals surface area contributed by atoms with Crippen molar-refractivity contribution >= 4 is 17.7 Å². The number of thioether (sulfide) groups is 1. The van der Waals surface area contributed by atoms with Crippen LogP contribution in [0.15, 0.2) is 86.4 Å². The zero-order valence-corrected chi connectivity index (χ0v) is 20.0. The van der Waals surface area contributed by atoms with Crippen molar-refractivity contribution in [2.24, 2.45) is 0 Å². The summed E-state index contributed by atoms with van der Waals surface area (Å²) in [6, 6.07) is 3.56. The number of allylic oxidation sites excluding steroid dienone is 7. The Kier molecular flexibility index (Phi) is 7.92. The van der Waals surface area contributed by atoms with E-state index in [-0.39, 0.29) is 11.1 Å². The minimum absolute atomic E-state index is 0.0156. The fraction of sp³-hybridized carbons (Fsp3) is 0.308. The van der Waals surface area contributed by atoms with E-state index in [1.165, 1.54) is 36.9 Å². The standard InChI is InChI=1S/C26H23F6NOS/c1-15-7-4-9-18(14-21(15)26(30,31)32)23-16(2)8-5-12-22(35-23)17(3)33-24(34)19-10-6-11-20(13-19)25(27,28)29/h4,6,9-14,17H,5,8H2,1-3H3,(H,33,34). The summed E-state index contributed by atoms with van der Waals surface area (Å²) in [5, 5.41) is 2.71. The van der Waals surface area contributed by atoms with E-state index < -0.39 is 35.4 Å². The minimum Gasteiger partial charge on any atom is -0.345 e. The van der Waals surface area contributed by atoms with Crippen LogP contribution in [-0.2, 0) is 6.18 Å². The number of halogens is 6. The largest absolute Gasteiger partial charge is 0.417 e. The summed E-state index contributed by atoms with van der Waals surface area (Å²) in [6.07, 6.45) is -1.87. The highest BCUT2D eigenvalue weighted by atomic mass is 32.2. The number of carbonyl (C=O) groups is 1. The van der Waals surface area contributed by atoms with Gasteiger partial charge in [0.2, 0.25) is 0 Å². The molecule has 2 nitrogen and oxygen atoms in total. The van der Waals surface area contributed by atoms with E-state index in [4.69, 9.17) is 0 Å². The quantitative estimate of drug-likeness (QED) is 0.327. The van der Waals surface area contributed by atoms with Crippen LogP contribution in [0.1, 0.15) is 49.5 Å². The smallest absolute Gasteiger partial charge is 0.345 e. The maximum atomic E-state index is 13.6. The van der Waals surface area contributed by atoms with Crippen molar-refractivity contribution in [3.8, 4) is 0 Å². The molecule has 0 saturated heterocycles. The number of rotatable bonds is 4. The van der Waals surface area contributed by atoms with Gasteiger partial charge in [0.1, 0.15) is 0 Å². The van der Waals surface area contributed by atoms with Crippen LogP contribution in [0.3, 0.4) is 0 Å². The highest BCUT2D eigenvalue weighted by molar-refractivity contribution is 8.07. The van der Waals surface area contributed by atoms with Gasteiger partial charge in [0.15, 0.2) is 0 Å². The molecule has 186 valence electrons. The van der Waals surface area contributed by atoms with Crippen LogP contribution in [0, 0.1) is 0 Å². The molecule has 1 atom stereocenters. The van der Waals surface area contributed by atoms with Gasteiger partial charge in [-0.25, -0.2) is 0 Å². The fourth-order valence-corrected chi connectivity index (χ4v) is 4.82. The summed E-state index contributed by atoms with van der Waals surface area (Å²) in [6.45, 7) is 4.89. The second kappa shape index (κ2) is 10.4. The molecule has 0 fully saturated rings. The van der Waals surface area contributed by atoms with Crippen molar-refractivity contribution in [2.75, 3.05) is 0 Å². The number of alkyl halides is 6. The highest BCUT2D eigenvalue weighted by Crippen LogP contribution is 2.42. The zero-order chi connectivity index (χ0) is 26.0. The molecule has 0 saturated carbocycles. The lowest BCUT2D eigenvalue weighted by atomic mass is 10.0. The number of amides is 1. The van der Waals surface area contributed by atoms with E-state index in [1.807, 2.05) is 13.0 Å². The molecule has 0 spiro atoms. The number of hydrogen-bond acceptors (Lipinski definition) is 2. The van der Waals surface area contributed by atoms with E-state index in [9.17, 15) is 31.1 Å². The van der Waals surface area contributed by atoms with E-state index in [0.717, 1.165) is 23.8 Å². The zero-order valence-electron chi connectivity index (χ0n) is 19.2. The van der Waals surface area contributed by atoms with Crippen molar-refractivity contribution in [1.29, 1.82) is 0 Å². The second-order valence-corrected chi connectivity index (χ2v) is 9.33. The van der Waals surface area contributed by atoms with Gasteiger partial charge in [0.05, 0.1) is 17.2 Å². The van der Waals surface area contributed by atoms with Crippen molar-refractivity contribution in [2.45, 2.75) is 52.0 Å². The Labute approximate surface area is 203 Å². The highest BCUT2D eigenvalue weighted by Gasteiger charge is 2.35. The number of benzene rings is 1. The Morgan fingerprint density at radius 2 is 1.83 bits per heavy atom. The first kappa shape index (κ1) is 26.7. The molecular weight excluding hydrogens is 488 g/mol. The molecule has 0 bridgehead atoms. The number of carbonyl (C=O) groups excluding carboxylic acids is 1. The molecule has 2 aliphatic rings. The van der Waals surface area contributed by atoms with Crippen LogP contribution in [0.4, 0.5) is 26.3 Å². The van der Waals surface area contributed by atoms with Gasteiger partial charge >= 0.3 is 12.4 Å². The third-order valence-electron chi connectivity index (χ3n) is 5.53. The normalized spacial score (nSPS) is 18.1. The predicted octanol–water partition coefficient (Wildman–Crippen LogP) is 8.04. The molecule has 1 aromatic rings. The van der Waals surface area contributed by atoms with Crippen LogP contribution in [0.25, 0.3) is 0 Å². The van der Waals surface area contributed by atoms with Crippen LogP contribution < -0.4 is 5.32 Å². The van der Waals surface area contributed by atoms with E-state index >= 15 is 0 Å². The van der Waals surface area contributed by atoms with Crippen molar-refractivity contribution in [1.82, 2.24) is 5.32 Å². The molecule has 1 N–H and O–H groups in total. The molecule has 0 radical (unpaired) electrons. The SMILES string of the molecule is CC1=C=CC=C(C2=C(C)CCC=C(C(C)NC(=O)c3cccc(C(F)(F)F)c3)S2)C=C1C(F)(F)F. The third kappa shape index (κ3) is 6.61. The average molecular weight is 512 g/mol. The summed E-state index contributed by atoms with van der Waals surface area (Å²) >= 11 is 1.25. The van der Waals surface area contributed by atoms with Crippen LogP contribution >= 0.6 is 11.8 Å². The van der Waals surface area contributed by atoms with E-state index in [2.05, 4.69) is 11.0 Å². The van der Waals surface area contributed by atoms with Gasteiger partial charge in [0.25, 0.3) is 5.91 Å². The predicted molar refractivity (Wildman–Crippen MR) is 125 cm³/mol. The van der Waals surface area contributed by atoms with Gasteiger partial charge in [-0.05, 0) is 75.6 Å². The average Bonchev–Trinajstić information content (AvgIpc) is 3.08. The molecule has 1 unspecified atom stereocenters. The van der Waals surface area contributed by atoms with Crippen molar-refractivity contribution < 1.29 is 31.1 Å². The molecule has 3 rings (SSSR count). The third-order valence-corrected chi connectivity index (χ3v) is 7.08. The Bertz CT molecular complexity index is 1210. The van der Waals surface area contributed by atoms with Gasteiger partial charge in [-0.15, -0.1) is 5.73 Å². The summed E-state index contributed by atoms with van der Waals surface area (Å²) in [7, 11) is 0. The van der Waals surface area contributed by atoms with Gasteiger partial charge in [0, 0.05) is 20.9 Å². The molecule has 35 heavy (non-hydrogen) atoms. The molecule has 0 aromatic heterocycles. The van der Waals surface area contributed by atoms with E-state index in [1.54, 1.807) is 13.0 Å². The maximum Gasteiger partial charge on any atom is 0.417 e. The monoisotopic (exact) mass is 511 g/mol. The Balaban J connectivity index is 1.84. The van der Waals surface area contributed by atoms with Crippen molar-refractivity contribution in [3.05, 3.63) is 97.5 Å². The van der Waals surface area contributed by atoms with Crippen molar-refractivity contribution in [3.63, 3.8) is 0 Å². The molecule has 1 heterocycles. The molecule has 1 aliphatic carbocycles. The Hall–Kier alpha value is -2.90. The number of hydrogen-bond donors (Lipinski definition) is 1. The van der Waals surface area contributed by atoms with Crippen LogP contribution in [-0.4, -0.2) is 18.1 Å². The topological polar surface area (TPSA) is 29.1 Å². The lowest BCUT2D eigenvalue weighted by molar-refractivity contribution is -0.137. The first-order chi connectivity index (χ1) is 16.3. The molecule has 1 aliphatic heterocycles. The second-order valence-electron chi connectivity index (χ2n) is 8.24. The summed E-state index contributed by atoms with van der Waals surface area (Å²) in [5.74, 6) is -0.674.